The first-order valence-corrected chi connectivity index (χ1v) is 5.52. The molecule has 0 amide bonds. The number of pyridine rings is 1. The van der Waals surface area contributed by atoms with Crippen LogP contribution in [-0.2, 0) is 10.3 Å². The molecule has 0 saturated heterocycles. The maximum atomic E-state index is 11.4. The molecule has 0 bridgehead atoms. The van der Waals surface area contributed by atoms with Gasteiger partial charge in [-0.05, 0) is 49.9 Å². The van der Waals surface area contributed by atoms with Crippen LogP contribution >= 0.6 is 0 Å². The zero-order valence-electron chi connectivity index (χ0n) is 9.31. The van der Waals surface area contributed by atoms with Gasteiger partial charge in [0.05, 0.1) is 0 Å². The monoisotopic (exact) mass is 220 g/mol. The summed E-state index contributed by atoms with van der Waals surface area (Å²) < 4.78 is 0. The van der Waals surface area contributed by atoms with Crippen LogP contribution in [0.4, 0.5) is 0 Å². The van der Waals surface area contributed by atoms with Gasteiger partial charge in [0.1, 0.15) is 5.54 Å². The van der Waals surface area contributed by atoms with E-state index in [1.165, 1.54) is 12.8 Å². The van der Waals surface area contributed by atoms with Crippen molar-refractivity contribution in [2.45, 2.75) is 25.3 Å². The van der Waals surface area contributed by atoms with Crippen molar-refractivity contribution in [1.82, 2.24) is 10.3 Å². The van der Waals surface area contributed by atoms with Gasteiger partial charge in [-0.3, -0.25) is 10.3 Å². The van der Waals surface area contributed by atoms with E-state index in [9.17, 15) is 9.90 Å². The van der Waals surface area contributed by atoms with Crippen LogP contribution in [0.1, 0.15) is 25.3 Å². The van der Waals surface area contributed by atoms with Crippen LogP contribution < -0.4 is 5.32 Å². The van der Waals surface area contributed by atoms with Crippen LogP contribution in [0.3, 0.4) is 0 Å². The van der Waals surface area contributed by atoms with Crippen LogP contribution in [0.5, 0.6) is 0 Å². The van der Waals surface area contributed by atoms with Gasteiger partial charge in [0, 0.05) is 12.4 Å². The molecule has 0 aromatic carbocycles. The van der Waals surface area contributed by atoms with E-state index in [1.54, 1.807) is 31.5 Å². The number of aromatic nitrogens is 1. The second-order valence-corrected chi connectivity index (χ2v) is 4.49. The highest BCUT2D eigenvalue weighted by Crippen LogP contribution is 2.30. The summed E-state index contributed by atoms with van der Waals surface area (Å²) in [7, 11) is 0. The van der Waals surface area contributed by atoms with Crippen molar-refractivity contribution in [3.8, 4) is 0 Å². The van der Waals surface area contributed by atoms with Crippen molar-refractivity contribution in [1.29, 1.82) is 0 Å². The quantitative estimate of drug-likeness (QED) is 0.787. The summed E-state index contributed by atoms with van der Waals surface area (Å²) in [6.07, 6.45) is 5.66. The van der Waals surface area contributed by atoms with E-state index in [1.807, 2.05) is 0 Å². The second kappa shape index (κ2) is 4.22. The molecular weight excluding hydrogens is 204 g/mol. The predicted octanol–water partition coefficient (Wildman–Crippen LogP) is 1.38. The first kappa shape index (κ1) is 11.1. The number of hydrogen-bond acceptors (Lipinski definition) is 3. The maximum absolute atomic E-state index is 11.4. The Balaban J connectivity index is 2.16. The summed E-state index contributed by atoms with van der Waals surface area (Å²) in [5.74, 6) is -0.195. The fraction of sp³-hybridized carbons (Fsp3) is 0.500. The predicted molar refractivity (Wildman–Crippen MR) is 60.0 cm³/mol. The molecule has 1 fully saturated rings. The lowest BCUT2D eigenvalue weighted by molar-refractivity contribution is -0.144. The van der Waals surface area contributed by atoms with Gasteiger partial charge in [-0.25, -0.2) is 4.79 Å². The van der Waals surface area contributed by atoms with Crippen LogP contribution in [0, 0.1) is 5.92 Å². The topological polar surface area (TPSA) is 62.2 Å². The molecule has 1 atom stereocenters. The minimum atomic E-state index is -1.01. The van der Waals surface area contributed by atoms with E-state index >= 15 is 0 Å². The Hall–Kier alpha value is -1.42. The van der Waals surface area contributed by atoms with Gasteiger partial charge < -0.3 is 5.11 Å². The number of carboxylic acid groups (broad SMARTS) is 1. The number of nitrogens with zero attached hydrogens (tertiary/aromatic N) is 1. The second-order valence-electron chi connectivity index (χ2n) is 4.49. The molecule has 0 radical (unpaired) electrons. The average Bonchev–Trinajstić information content (AvgIpc) is 3.10. The molecule has 1 heterocycles. The summed E-state index contributed by atoms with van der Waals surface area (Å²) in [6.45, 7) is 2.47. The van der Waals surface area contributed by atoms with Gasteiger partial charge in [0.15, 0.2) is 0 Å². The van der Waals surface area contributed by atoms with Crippen molar-refractivity contribution in [3.63, 3.8) is 0 Å². The van der Waals surface area contributed by atoms with Gasteiger partial charge in [0.25, 0.3) is 0 Å². The molecule has 16 heavy (non-hydrogen) atoms. The molecule has 1 aromatic heterocycles. The van der Waals surface area contributed by atoms with Crippen LogP contribution in [0.15, 0.2) is 24.5 Å². The van der Waals surface area contributed by atoms with E-state index in [4.69, 9.17) is 0 Å². The Morgan fingerprint density at radius 2 is 2.19 bits per heavy atom. The SMILES string of the molecule is CC(NCC1CC1)(C(=O)O)c1ccncc1. The van der Waals surface area contributed by atoms with Crippen molar-refractivity contribution < 1.29 is 9.90 Å². The first-order valence-electron chi connectivity index (χ1n) is 5.52. The summed E-state index contributed by atoms with van der Waals surface area (Å²) in [4.78, 5) is 15.3. The molecular formula is C12H16N2O2. The standard InChI is InChI=1S/C12H16N2O2/c1-12(11(15)16,14-8-9-2-3-9)10-4-6-13-7-5-10/h4-7,9,14H,2-3,8H2,1H3,(H,15,16). The summed E-state index contributed by atoms with van der Waals surface area (Å²) in [5, 5.41) is 12.5. The Kier molecular flexibility index (Phi) is 2.92. The van der Waals surface area contributed by atoms with Crippen LogP contribution in [0.25, 0.3) is 0 Å². The zero-order valence-corrected chi connectivity index (χ0v) is 9.31. The number of rotatable bonds is 5. The molecule has 2 N–H and O–H groups in total. The molecule has 1 aromatic rings. The molecule has 4 nitrogen and oxygen atoms in total. The molecule has 86 valence electrons. The Bertz CT molecular complexity index is 376. The first-order chi connectivity index (χ1) is 7.63. The number of nitrogens with one attached hydrogen (secondary N) is 1. The maximum Gasteiger partial charge on any atom is 0.328 e. The molecule has 0 spiro atoms. The van der Waals surface area contributed by atoms with E-state index in [0.29, 0.717) is 5.92 Å². The summed E-state index contributed by atoms with van der Waals surface area (Å²) in [6, 6.07) is 3.49. The Morgan fingerprint density at radius 1 is 1.56 bits per heavy atom. The van der Waals surface area contributed by atoms with Crippen molar-refractivity contribution in [2.75, 3.05) is 6.54 Å². The Morgan fingerprint density at radius 3 is 2.69 bits per heavy atom. The smallest absolute Gasteiger partial charge is 0.328 e. The lowest BCUT2D eigenvalue weighted by Gasteiger charge is -2.26. The molecule has 1 unspecified atom stereocenters. The molecule has 2 rings (SSSR count). The van der Waals surface area contributed by atoms with E-state index in [0.717, 1.165) is 12.1 Å². The van der Waals surface area contributed by atoms with E-state index in [-0.39, 0.29) is 0 Å². The zero-order chi connectivity index (χ0) is 11.6. The normalized spacial score (nSPS) is 19.1. The third-order valence-corrected chi connectivity index (χ3v) is 3.13. The van der Waals surface area contributed by atoms with Gasteiger partial charge >= 0.3 is 5.97 Å². The van der Waals surface area contributed by atoms with Gasteiger partial charge in [-0.2, -0.15) is 0 Å². The third-order valence-electron chi connectivity index (χ3n) is 3.13. The van der Waals surface area contributed by atoms with Crippen LogP contribution in [-0.4, -0.2) is 22.6 Å². The number of carboxylic acids is 1. The lowest BCUT2D eigenvalue weighted by Crippen LogP contribution is -2.47. The van der Waals surface area contributed by atoms with Gasteiger partial charge in [-0.15, -0.1) is 0 Å². The fourth-order valence-corrected chi connectivity index (χ4v) is 1.66. The summed E-state index contributed by atoms with van der Waals surface area (Å²) >= 11 is 0. The third kappa shape index (κ3) is 2.22. The molecule has 0 aliphatic heterocycles. The molecule has 4 heteroatoms. The molecule has 1 aliphatic rings. The van der Waals surface area contributed by atoms with E-state index < -0.39 is 11.5 Å². The van der Waals surface area contributed by atoms with Crippen LogP contribution in [0.2, 0.25) is 0 Å². The van der Waals surface area contributed by atoms with Crippen molar-refractivity contribution in [2.24, 2.45) is 5.92 Å². The van der Waals surface area contributed by atoms with Gasteiger partial charge in [0.2, 0.25) is 0 Å². The minimum Gasteiger partial charge on any atom is -0.480 e. The number of aliphatic carboxylic acids is 1. The highest BCUT2D eigenvalue weighted by Gasteiger charge is 2.36. The Labute approximate surface area is 94.7 Å². The fourth-order valence-electron chi connectivity index (χ4n) is 1.66. The number of hydrogen-bond donors (Lipinski definition) is 2. The average molecular weight is 220 g/mol. The highest BCUT2D eigenvalue weighted by atomic mass is 16.4. The van der Waals surface area contributed by atoms with Gasteiger partial charge in [-0.1, -0.05) is 0 Å². The largest absolute Gasteiger partial charge is 0.480 e. The van der Waals surface area contributed by atoms with E-state index in [2.05, 4.69) is 10.3 Å². The lowest BCUT2D eigenvalue weighted by atomic mass is 9.93. The highest BCUT2D eigenvalue weighted by molar-refractivity contribution is 5.80. The minimum absolute atomic E-state index is 0.653. The number of carbonyl (C=O) groups is 1. The van der Waals surface area contributed by atoms with Crippen molar-refractivity contribution in [3.05, 3.63) is 30.1 Å². The van der Waals surface area contributed by atoms with Crippen molar-refractivity contribution >= 4 is 5.97 Å². The summed E-state index contributed by atoms with van der Waals surface area (Å²) in [5.41, 5.74) is -0.262. The molecule has 1 saturated carbocycles. The molecule has 1 aliphatic carbocycles.